The molecule has 2 aromatic rings. The number of amides is 1. The lowest BCUT2D eigenvalue weighted by atomic mass is 10.1. The predicted molar refractivity (Wildman–Crippen MR) is 94.3 cm³/mol. The predicted octanol–water partition coefficient (Wildman–Crippen LogP) is 3.77. The van der Waals surface area contributed by atoms with Gasteiger partial charge in [-0.25, -0.2) is 0 Å². The zero-order chi connectivity index (χ0) is 15.7. The van der Waals surface area contributed by atoms with Gasteiger partial charge in [0.25, 0.3) is 5.91 Å². The number of benzene rings is 2. The van der Waals surface area contributed by atoms with Crippen molar-refractivity contribution in [3.05, 3.63) is 46.4 Å². The van der Waals surface area contributed by atoms with Gasteiger partial charge >= 0.3 is 0 Å². The Kier molecular flexibility index (Phi) is 4.50. The van der Waals surface area contributed by atoms with Crippen LogP contribution < -0.4 is 0 Å². The number of carbonyl (C=O) groups is 1. The summed E-state index contributed by atoms with van der Waals surface area (Å²) in [6.45, 7) is 7.96. The van der Waals surface area contributed by atoms with Gasteiger partial charge in [0.05, 0.1) is 0 Å². The van der Waals surface area contributed by atoms with Gasteiger partial charge in [-0.15, -0.1) is 0 Å². The number of hydrogen-bond acceptors (Lipinski definition) is 2. The van der Waals surface area contributed by atoms with Crippen LogP contribution in [0.3, 0.4) is 0 Å². The van der Waals surface area contributed by atoms with Crippen LogP contribution in [0.25, 0.3) is 10.8 Å². The van der Waals surface area contributed by atoms with Gasteiger partial charge in [-0.1, -0.05) is 34.1 Å². The van der Waals surface area contributed by atoms with Crippen LogP contribution in [0.1, 0.15) is 24.2 Å². The molecule has 0 spiro atoms. The van der Waals surface area contributed by atoms with Crippen LogP contribution in [0.4, 0.5) is 0 Å². The van der Waals surface area contributed by atoms with E-state index in [2.05, 4.69) is 34.7 Å². The van der Waals surface area contributed by atoms with Crippen molar-refractivity contribution in [1.29, 1.82) is 0 Å². The fourth-order valence-electron chi connectivity index (χ4n) is 3.00. The van der Waals surface area contributed by atoms with Gasteiger partial charge < -0.3 is 4.90 Å². The molecule has 0 atom stereocenters. The Balaban J connectivity index is 1.78. The highest BCUT2D eigenvalue weighted by molar-refractivity contribution is 9.10. The lowest BCUT2D eigenvalue weighted by molar-refractivity contribution is 0.0595. The summed E-state index contributed by atoms with van der Waals surface area (Å²) in [5, 5.41) is 2.24. The van der Waals surface area contributed by atoms with Crippen LogP contribution in [-0.2, 0) is 0 Å². The first-order chi connectivity index (χ1) is 10.6. The summed E-state index contributed by atoms with van der Waals surface area (Å²) in [6.07, 6.45) is 0. The van der Waals surface area contributed by atoms with Gasteiger partial charge in [0, 0.05) is 42.3 Å². The van der Waals surface area contributed by atoms with Crippen LogP contribution in [-0.4, -0.2) is 47.9 Å². The molecule has 1 aliphatic rings. The summed E-state index contributed by atoms with van der Waals surface area (Å²) in [6, 6.07) is 12.6. The molecular formula is C18H21BrN2O. The molecule has 1 saturated heterocycles. The van der Waals surface area contributed by atoms with Gasteiger partial charge in [-0.05, 0) is 42.8 Å². The van der Waals surface area contributed by atoms with E-state index in [1.165, 1.54) is 0 Å². The van der Waals surface area contributed by atoms with E-state index in [9.17, 15) is 4.79 Å². The summed E-state index contributed by atoms with van der Waals surface area (Å²) < 4.78 is 1.06. The van der Waals surface area contributed by atoms with Crippen molar-refractivity contribution in [2.45, 2.75) is 19.9 Å². The highest BCUT2D eigenvalue weighted by Gasteiger charge is 2.23. The molecule has 0 aromatic heterocycles. The first kappa shape index (κ1) is 15.5. The average Bonchev–Trinajstić information content (AvgIpc) is 2.54. The summed E-state index contributed by atoms with van der Waals surface area (Å²) >= 11 is 3.55. The van der Waals surface area contributed by atoms with Crippen LogP contribution in [0, 0.1) is 0 Å². The van der Waals surface area contributed by atoms with Crippen molar-refractivity contribution in [3.63, 3.8) is 0 Å². The van der Waals surface area contributed by atoms with Crippen molar-refractivity contribution in [3.8, 4) is 0 Å². The Labute approximate surface area is 140 Å². The lowest BCUT2D eigenvalue weighted by Gasteiger charge is -2.37. The topological polar surface area (TPSA) is 23.6 Å². The van der Waals surface area contributed by atoms with E-state index in [4.69, 9.17) is 0 Å². The monoisotopic (exact) mass is 360 g/mol. The van der Waals surface area contributed by atoms with Crippen molar-refractivity contribution in [2.24, 2.45) is 0 Å². The highest BCUT2D eigenvalue weighted by atomic mass is 79.9. The summed E-state index contributed by atoms with van der Waals surface area (Å²) in [4.78, 5) is 17.1. The molecule has 0 bridgehead atoms. The number of piperazine rings is 1. The van der Waals surface area contributed by atoms with Crippen molar-refractivity contribution in [2.75, 3.05) is 26.2 Å². The van der Waals surface area contributed by atoms with Crippen molar-refractivity contribution < 1.29 is 4.79 Å². The molecule has 0 unspecified atom stereocenters. The Bertz CT molecular complexity index is 691. The molecular weight excluding hydrogens is 340 g/mol. The van der Waals surface area contributed by atoms with E-state index in [1.807, 2.05) is 41.3 Å². The zero-order valence-corrected chi connectivity index (χ0v) is 14.6. The minimum Gasteiger partial charge on any atom is -0.336 e. The van der Waals surface area contributed by atoms with Gasteiger partial charge in [-0.2, -0.15) is 0 Å². The number of halogens is 1. The molecule has 3 rings (SSSR count). The second-order valence-electron chi connectivity index (χ2n) is 6.10. The Hall–Kier alpha value is -1.39. The summed E-state index contributed by atoms with van der Waals surface area (Å²) in [5.41, 5.74) is 0.781. The maximum atomic E-state index is 12.7. The molecule has 3 nitrogen and oxygen atoms in total. The van der Waals surface area contributed by atoms with Gasteiger partial charge in [0.1, 0.15) is 0 Å². The van der Waals surface area contributed by atoms with E-state index in [-0.39, 0.29) is 5.91 Å². The Morgan fingerprint density at radius 3 is 2.50 bits per heavy atom. The minimum absolute atomic E-state index is 0.144. The van der Waals surface area contributed by atoms with Gasteiger partial charge in [0.15, 0.2) is 0 Å². The van der Waals surface area contributed by atoms with E-state index in [0.29, 0.717) is 6.04 Å². The third kappa shape index (κ3) is 3.03. The van der Waals surface area contributed by atoms with Crippen molar-refractivity contribution >= 4 is 32.6 Å². The number of hydrogen-bond donors (Lipinski definition) is 0. The highest BCUT2D eigenvalue weighted by Crippen LogP contribution is 2.25. The van der Waals surface area contributed by atoms with Crippen LogP contribution in [0.15, 0.2) is 40.9 Å². The SMILES string of the molecule is CC(C)N1CCN(C(=O)c2ccc3c(Br)cccc3c2)CC1. The lowest BCUT2D eigenvalue weighted by Crippen LogP contribution is -2.50. The number of rotatable bonds is 2. The number of nitrogens with zero attached hydrogens (tertiary/aromatic N) is 2. The number of carbonyl (C=O) groups excluding carboxylic acids is 1. The van der Waals surface area contributed by atoms with Gasteiger partial charge in [0.2, 0.25) is 0 Å². The molecule has 0 saturated carbocycles. The van der Waals surface area contributed by atoms with Crippen LogP contribution in [0.5, 0.6) is 0 Å². The molecule has 2 aromatic carbocycles. The minimum atomic E-state index is 0.144. The molecule has 22 heavy (non-hydrogen) atoms. The fourth-order valence-corrected chi connectivity index (χ4v) is 3.51. The maximum absolute atomic E-state index is 12.7. The van der Waals surface area contributed by atoms with Crippen LogP contribution in [0.2, 0.25) is 0 Å². The third-order valence-electron chi connectivity index (χ3n) is 4.41. The largest absolute Gasteiger partial charge is 0.336 e. The molecule has 1 aliphatic heterocycles. The van der Waals surface area contributed by atoms with Crippen molar-refractivity contribution in [1.82, 2.24) is 9.80 Å². The second kappa shape index (κ2) is 6.39. The average molecular weight is 361 g/mol. The molecule has 0 aliphatic carbocycles. The van der Waals surface area contributed by atoms with E-state index in [1.54, 1.807) is 0 Å². The Morgan fingerprint density at radius 2 is 1.82 bits per heavy atom. The first-order valence-electron chi connectivity index (χ1n) is 7.78. The first-order valence-corrected chi connectivity index (χ1v) is 8.57. The van der Waals surface area contributed by atoms with E-state index in [0.717, 1.165) is 47.0 Å². The molecule has 1 heterocycles. The van der Waals surface area contributed by atoms with E-state index < -0.39 is 0 Å². The molecule has 0 radical (unpaired) electrons. The second-order valence-corrected chi connectivity index (χ2v) is 6.95. The standard InChI is InChI=1S/C18H21BrN2O/c1-13(2)20-8-10-21(11-9-20)18(22)15-6-7-16-14(12-15)4-3-5-17(16)19/h3-7,12-13H,8-11H2,1-2H3. The third-order valence-corrected chi connectivity index (χ3v) is 5.10. The molecule has 116 valence electrons. The molecule has 0 N–H and O–H groups in total. The van der Waals surface area contributed by atoms with Crippen LogP contribution >= 0.6 is 15.9 Å². The zero-order valence-electron chi connectivity index (χ0n) is 13.1. The van der Waals surface area contributed by atoms with E-state index >= 15 is 0 Å². The quantitative estimate of drug-likeness (QED) is 0.813. The number of fused-ring (bicyclic) bond motifs is 1. The maximum Gasteiger partial charge on any atom is 0.253 e. The Morgan fingerprint density at radius 1 is 1.09 bits per heavy atom. The smallest absolute Gasteiger partial charge is 0.253 e. The molecule has 1 amide bonds. The molecule has 4 heteroatoms. The normalized spacial score (nSPS) is 16.5. The van der Waals surface area contributed by atoms with Gasteiger partial charge in [-0.3, -0.25) is 9.69 Å². The fraction of sp³-hybridized carbons (Fsp3) is 0.389. The molecule has 1 fully saturated rings. The summed E-state index contributed by atoms with van der Waals surface area (Å²) in [7, 11) is 0. The summed E-state index contributed by atoms with van der Waals surface area (Å²) in [5.74, 6) is 0.144.